The van der Waals surface area contributed by atoms with E-state index >= 15 is 0 Å². The van der Waals surface area contributed by atoms with E-state index in [9.17, 15) is 4.79 Å². The van der Waals surface area contributed by atoms with Gasteiger partial charge < -0.3 is 10.2 Å². The fourth-order valence-corrected chi connectivity index (χ4v) is 2.82. The number of halogens is 2. The molecule has 1 amide bonds. The van der Waals surface area contributed by atoms with Gasteiger partial charge >= 0.3 is 0 Å². The molecule has 1 N–H and O–H groups in total. The number of nitrogens with one attached hydrogen (secondary N) is 1. The maximum atomic E-state index is 12.8. The number of hydrogen-bond donors (Lipinski definition) is 1. The van der Waals surface area contributed by atoms with Gasteiger partial charge in [0, 0.05) is 18.8 Å². The van der Waals surface area contributed by atoms with E-state index in [4.69, 9.17) is 23.2 Å². The van der Waals surface area contributed by atoms with E-state index in [0.29, 0.717) is 46.2 Å². The maximum Gasteiger partial charge on any atom is 0.272 e. The van der Waals surface area contributed by atoms with Gasteiger partial charge in [0.05, 0.1) is 15.7 Å². The summed E-state index contributed by atoms with van der Waals surface area (Å²) in [5.41, 5.74) is 1.67. The van der Waals surface area contributed by atoms with Crippen LogP contribution in [0.15, 0.2) is 24.3 Å². The average molecular weight is 381 g/mol. The number of hydrogen-bond acceptors (Lipinski definition) is 4. The highest BCUT2D eigenvalue weighted by Crippen LogP contribution is 2.31. The second kappa shape index (κ2) is 9.02. The fraction of sp³-hybridized carbons (Fsp3) is 0.389. The molecule has 7 heteroatoms. The molecular formula is C18H22Cl2N4O. The molecule has 0 aliphatic carbocycles. The molecule has 1 heterocycles. The number of rotatable bonds is 7. The Balaban J connectivity index is 2.30. The molecule has 0 fully saturated rings. The third-order valence-corrected chi connectivity index (χ3v) is 4.36. The largest absolute Gasteiger partial charge is 0.337 e. The quantitative estimate of drug-likeness (QED) is 0.725. The minimum atomic E-state index is -0.0885. The van der Waals surface area contributed by atoms with E-state index in [2.05, 4.69) is 29.1 Å². The first kappa shape index (κ1) is 19.5. The molecule has 0 radical (unpaired) electrons. The SMILES string of the molecule is CCCN(CCC)C(=O)c1cc(C)nc(Nc2cccc(Cl)c2Cl)n1. The zero-order valence-corrected chi connectivity index (χ0v) is 16.2. The van der Waals surface area contributed by atoms with Gasteiger partial charge in [-0.2, -0.15) is 0 Å². The van der Waals surface area contributed by atoms with Crippen molar-refractivity contribution in [3.05, 3.63) is 45.7 Å². The average Bonchev–Trinajstić information content (AvgIpc) is 2.57. The van der Waals surface area contributed by atoms with E-state index in [1.54, 1.807) is 24.3 Å². The summed E-state index contributed by atoms with van der Waals surface area (Å²) >= 11 is 12.2. The Morgan fingerprint density at radius 3 is 2.48 bits per heavy atom. The summed E-state index contributed by atoms with van der Waals surface area (Å²) < 4.78 is 0. The molecule has 0 aliphatic heterocycles. The number of benzene rings is 1. The molecule has 0 saturated carbocycles. The van der Waals surface area contributed by atoms with Crippen molar-refractivity contribution >= 4 is 40.7 Å². The van der Waals surface area contributed by atoms with Gasteiger partial charge in [-0.1, -0.05) is 43.1 Å². The van der Waals surface area contributed by atoms with Gasteiger partial charge in [-0.05, 0) is 38.0 Å². The Labute approximate surface area is 158 Å². The molecule has 1 aromatic heterocycles. The van der Waals surface area contributed by atoms with E-state index < -0.39 is 0 Å². The molecule has 0 unspecified atom stereocenters. The number of aromatic nitrogens is 2. The maximum absolute atomic E-state index is 12.8. The van der Waals surface area contributed by atoms with E-state index in [-0.39, 0.29) is 5.91 Å². The summed E-state index contributed by atoms with van der Waals surface area (Å²) in [6.45, 7) is 7.34. The molecule has 25 heavy (non-hydrogen) atoms. The van der Waals surface area contributed by atoms with Crippen LogP contribution in [0.1, 0.15) is 42.9 Å². The summed E-state index contributed by atoms with van der Waals surface area (Å²) in [7, 11) is 0. The summed E-state index contributed by atoms with van der Waals surface area (Å²) in [4.78, 5) is 23.3. The smallest absolute Gasteiger partial charge is 0.272 e. The number of carbonyl (C=O) groups excluding carboxylic acids is 1. The number of nitrogens with zero attached hydrogens (tertiary/aromatic N) is 3. The van der Waals surface area contributed by atoms with Crippen molar-refractivity contribution in [2.24, 2.45) is 0 Å². The lowest BCUT2D eigenvalue weighted by Crippen LogP contribution is -2.33. The van der Waals surface area contributed by atoms with E-state index in [1.807, 2.05) is 11.8 Å². The lowest BCUT2D eigenvalue weighted by Gasteiger charge is -2.21. The summed E-state index contributed by atoms with van der Waals surface area (Å²) in [6, 6.07) is 6.96. The molecule has 1 aromatic carbocycles. The highest BCUT2D eigenvalue weighted by Gasteiger charge is 2.18. The van der Waals surface area contributed by atoms with Crippen molar-refractivity contribution in [3.63, 3.8) is 0 Å². The number of aryl methyl sites for hydroxylation is 1. The topological polar surface area (TPSA) is 58.1 Å². The standard InChI is InChI=1S/C18H22Cl2N4O/c1-4-9-24(10-5-2)17(25)15-11-12(3)21-18(23-15)22-14-8-6-7-13(19)16(14)20/h6-8,11H,4-5,9-10H2,1-3H3,(H,21,22,23). The van der Waals surface area contributed by atoms with Gasteiger partial charge in [0.25, 0.3) is 5.91 Å². The van der Waals surface area contributed by atoms with Crippen molar-refractivity contribution in [2.75, 3.05) is 18.4 Å². The molecule has 0 atom stereocenters. The Morgan fingerprint density at radius 1 is 1.16 bits per heavy atom. The monoisotopic (exact) mass is 380 g/mol. The van der Waals surface area contributed by atoms with E-state index in [1.165, 1.54) is 0 Å². The van der Waals surface area contributed by atoms with Gasteiger partial charge in [0.1, 0.15) is 5.69 Å². The number of anilines is 2. The lowest BCUT2D eigenvalue weighted by molar-refractivity contribution is 0.0749. The predicted octanol–water partition coefficient (Wildman–Crippen LogP) is 5.10. The minimum Gasteiger partial charge on any atom is -0.337 e. The molecule has 0 aliphatic rings. The third kappa shape index (κ3) is 5.06. The zero-order chi connectivity index (χ0) is 18.4. The minimum absolute atomic E-state index is 0.0885. The Kier molecular flexibility index (Phi) is 7.02. The van der Waals surface area contributed by atoms with Crippen molar-refractivity contribution < 1.29 is 4.79 Å². The van der Waals surface area contributed by atoms with Crippen LogP contribution in [0, 0.1) is 6.92 Å². The second-order valence-electron chi connectivity index (χ2n) is 5.74. The van der Waals surface area contributed by atoms with Crippen LogP contribution in [0.3, 0.4) is 0 Å². The van der Waals surface area contributed by atoms with Crippen LogP contribution in [0.25, 0.3) is 0 Å². The molecule has 0 saturated heterocycles. The lowest BCUT2D eigenvalue weighted by atomic mass is 10.2. The van der Waals surface area contributed by atoms with Crippen molar-refractivity contribution in [3.8, 4) is 0 Å². The highest BCUT2D eigenvalue weighted by molar-refractivity contribution is 6.43. The van der Waals surface area contributed by atoms with Crippen molar-refractivity contribution in [1.29, 1.82) is 0 Å². The molecule has 5 nitrogen and oxygen atoms in total. The predicted molar refractivity (Wildman–Crippen MR) is 103 cm³/mol. The van der Waals surface area contributed by atoms with Crippen LogP contribution in [-0.4, -0.2) is 33.9 Å². The van der Waals surface area contributed by atoms with Crippen molar-refractivity contribution in [1.82, 2.24) is 14.9 Å². The second-order valence-corrected chi connectivity index (χ2v) is 6.52. The fourth-order valence-electron chi connectivity index (χ4n) is 2.47. The molecule has 134 valence electrons. The van der Waals surface area contributed by atoms with Crippen LogP contribution in [0.5, 0.6) is 0 Å². The Hall–Kier alpha value is -1.85. The normalized spacial score (nSPS) is 10.6. The third-order valence-electron chi connectivity index (χ3n) is 3.55. The van der Waals surface area contributed by atoms with Gasteiger partial charge in [-0.3, -0.25) is 4.79 Å². The molecular weight excluding hydrogens is 359 g/mol. The van der Waals surface area contributed by atoms with Crippen LogP contribution >= 0.6 is 23.2 Å². The molecule has 2 rings (SSSR count). The first-order chi connectivity index (χ1) is 12.0. The summed E-state index contributed by atoms with van der Waals surface area (Å²) in [6.07, 6.45) is 1.80. The molecule has 2 aromatic rings. The first-order valence-electron chi connectivity index (χ1n) is 8.32. The highest BCUT2D eigenvalue weighted by atomic mass is 35.5. The molecule has 0 spiro atoms. The van der Waals surface area contributed by atoms with Crippen LogP contribution in [0.2, 0.25) is 10.0 Å². The van der Waals surface area contributed by atoms with Gasteiger partial charge in [-0.25, -0.2) is 9.97 Å². The first-order valence-corrected chi connectivity index (χ1v) is 9.07. The van der Waals surface area contributed by atoms with E-state index in [0.717, 1.165) is 12.8 Å². The van der Waals surface area contributed by atoms with Crippen LogP contribution < -0.4 is 5.32 Å². The molecule has 0 bridgehead atoms. The Morgan fingerprint density at radius 2 is 1.84 bits per heavy atom. The Bertz CT molecular complexity index is 746. The van der Waals surface area contributed by atoms with Crippen LogP contribution in [0.4, 0.5) is 11.6 Å². The zero-order valence-electron chi connectivity index (χ0n) is 14.6. The van der Waals surface area contributed by atoms with Gasteiger partial charge in [0.15, 0.2) is 0 Å². The van der Waals surface area contributed by atoms with Gasteiger partial charge in [0.2, 0.25) is 5.95 Å². The number of amides is 1. The van der Waals surface area contributed by atoms with Crippen molar-refractivity contribution in [2.45, 2.75) is 33.6 Å². The van der Waals surface area contributed by atoms with Gasteiger partial charge in [-0.15, -0.1) is 0 Å². The van der Waals surface area contributed by atoms with Crippen LogP contribution in [-0.2, 0) is 0 Å². The number of carbonyl (C=O) groups is 1. The summed E-state index contributed by atoms with van der Waals surface area (Å²) in [5.74, 6) is 0.231. The summed E-state index contributed by atoms with van der Waals surface area (Å²) in [5, 5.41) is 3.87.